The van der Waals surface area contributed by atoms with Crippen molar-refractivity contribution in [1.29, 1.82) is 0 Å². The number of rotatable bonds is 2. The molecule has 0 unspecified atom stereocenters. The second-order valence-electron chi connectivity index (χ2n) is 3.76. The minimum absolute atomic E-state index is 0.0697. The topological polar surface area (TPSA) is 32.3 Å². The first kappa shape index (κ1) is 10.3. The molecule has 1 fully saturated rings. The van der Waals surface area contributed by atoms with Crippen molar-refractivity contribution in [3.05, 3.63) is 29.3 Å². The Bertz CT molecular complexity index is 377. The van der Waals surface area contributed by atoms with Crippen LogP contribution in [0.25, 0.3) is 0 Å². The Hall–Kier alpha value is -1.22. The lowest BCUT2D eigenvalue weighted by Gasteiger charge is -2.17. The largest absolute Gasteiger partial charge is 0.335 e. The van der Waals surface area contributed by atoms with Crippen LogP contribution in [-0.4, -0.2) is 19.1 Å². The third kappa shape index (κ3) is 2.63. The molecule has 1 N–H and O–H groups in total. The molecule has 1 aromatic rings. The van der Waals surface area contributed by atoms with Gasteiger partial charge in [-0.2, -0.15) is 0 Å². The number of benzene rings is 1. The van der Waals surface area contributed by atoms with Crippen LogP contribution < -0.4 is 10.2 Å². The van der Waals surface area contributed by atoms with Crippen molar-refractivity contribution < 1.29 is 4.79 Å². The third-order valence-corrected chi connectivity index (χ3v) is 2.64. The molecule has 0 saturated heterocycles. The lowest BCUT2D eigenvalue weighted by molar-refractivity contribution is 0.247. The average Bonchev–Trinajstić information content (AvgIpc) is 3.00. The van der Waals surface area contributed by atoms with Gasteiger partial charge in [0.2, 0.25) is 0 Å². The van der Waals surface area contributed by atoms with Crippen molar-refractivity contribution in [3.8, 4) is 0 Å². The van der Waals surface area contributed by atoms with E-state index in [1.807, 2.05) is 12.1 Å². The van der Waals surface area contributed by atoms with Gasteiger partial charge in [-0.3, -0.25) is 4.90 Å². The zero-order chi connectivity index (χ0) is 10.8. The number of nitrogens with one attached hydrogen (secondary N) is 1. The fourth-order valence-corrected chi connectivity index (χ4v) is 1.49. The van der Waals surface area contributed by atoms with Gasteiger partial charge in [-0.25, -0.2) is 4.79 Å². The van der Waals surface area contributed by atoms with Crippen LogP contribution in [0.2, 0.25) is 5.02 Å². The minimum atomic E-state index is -0.0697. The molecule has 0 heterocycles. The second-order valence-corrected chi connectivity index (χ2v) is 4.20. The van der Waals surface area contributed by atoms with Gasteiger partial charge in [-0.1, -0.05) is 17.7 Å². The number of urea groups is 1. The Morgan fingerprint density at radius 3 is 2.87 bits per heavy atom. The monoisotopic (exact) mass is 224 g/mol. The number of amides is 2. The predicted molar refractivity (Wildman–Crippen MR) is 61.4 cm³/mol. The van der Waals surface area contributed by atoms with Gasteiger partial charge in [0, 0.05) is 23.8 Å². The van der Waals surface area contributed by atoms with E-state index in [1.54, 1.807) is 24.1 Å². The highest BCUT2D eigenvalue weighted by Crippen LogP contribution is 2.21. The highest BCUT2D eigenvalue weighted by atomic mass is 35.5. The number of carbonyl (C=O) groups excluding carboxylic acids is 1. The van der Waals surface area contributed by atoms with Gasteiger partial charge in [0.1, 0.15) is 0 Å². The molecule has 2 amide bonds. The molecule has 1 aliphatic carbocycles. The third-order valence-electron chi connectivity index (χ3n) is 2.41. The zero-order valence-electron chi connectivity index (χ0n) is 8.53. The van der Waals surface area contributed by atoms with Crippen molar-refractivity contribution in [2.24, 2.45) is 0 Å². The van der Waals surface area contributed by atoms with Gasteiger partial charge in [0.15, 0.2) is 0 Å². The van der Waals surface area contributed by atoms with Gasteiger partial charge in [-0.05, 0) is 31.0 Å². The van der Waals surface area contributed by atoms with E-state index >= 15 is 0 Å². The van der Waals surface area contributed by atoms with Gasteiger partial charge in [-0.15, -0.1) is 0 Å². The predicted octanol–water partition coefficient (Wildman–Crippen LogP) is 2.65. The Morgan fingerprint density at radius 2 is 2.27 bits per heavy atom. The SMILES string of the molecule is CN(C(=O)NC1CC1)c1cccc(Cl)c1. The zero-order valence-corrected chi connectivity index (χ0v) is 9.29. The Morgan fingerprint density at radius 1 is 1.53 bits per heavy atom. The summed E-state index contributed by atoms with van der Waals surface area (Å²) < 4.78 is 0. The maximum atomic E-state index is 11.7. The molecule has 1 saturated carbocycles. The molecular weight excluding hydrogens is 212 g/mol. The quantitative estimate of drug-likeness (QED) is 0.823. The summed E-state index contributed by atoms with van der Waals surface area (Å²) in [5, 5.41) is 3.55. The van der Waals surface area contributed by atoms with Crippen LogP contribution in [0.3, 0.4) is 0 Å². The summed E-state index contributed by atoms with van der Waals surface area (Å²) in [7, 11) is 1.74. The van der Waals surface area contributed by atoms with E-state index < -0.39 is 0 Å². The maximum Gasteiger partial charge on any atom is 0.321 e. The van der Waals surface area contributed by atoms with E-state index in [1.165, 1.54) is 0 Å². The Kier molecular flexibility index (Phi) is 2.82. The summed E-state index contributed by atoms with van der Waals surface area (Å²) in [5.41, 5.74) is 0.806. The van der Waals surface area contributed by atoms with Crippen molar-refractivity contribution in [2.45, 2.75) is 18.9 Å². The van der Waals surface area contributed by atoms with Gasteiger partial charge in [0.25, 0.3) is 0 Å². The average molecular weight is 225 g/mol. The van der Waals surface area contributed by atoms with Crippen molar-refractivity contribution in [1.82, 2.24) is 5.32 Å². The molecule has 1 aliphatic rings. The molecule has 0 bridgehead atoms. The number of halogens is 1. The van der Waals surface area contributed by atoms with Crippen LogP contribution in [0, 0.1) is 0 Å². The number of carbonyl (C=O) groups is 1. The lowest BCUT2D eigenvalue weighted by Crippen LogP contribution is -2.38. The van der Waals surface area contributed by atoms with Crippen molar-refractivity contribution >= 4 is 23.3 Å². The standard InChI is InChI=1S/C11H13ClN2O/c1-14(11(15)13-9-5-6-9)10-4-2-3-8(12)7-10/h2-4,7,9H,5-6H2,1H3,(H,13,15). The molecule has 15 heavy (non-hydrogen) atoms. The fraction of sp³-hybridized carbons (Fsp3) is 0.364. The minimum Gasteiger partial charge on any atom is -0.335 e. The second kappa shape index (κ2) is 4.11. The smallest absolute Gasteiger partial charge is 0.321 e. The molecule has 1 aromatic carbocycles. The molecule has 0 aromatic heterocycles. The maximum absolute atomic E-state index is 11.7. The molecule has 3 nitrogen and oxygen atoms in total. The van der Waals surface area contributed by atoms with Gasteiger partial charge in [0.05, 0.1) is 0 Å². The van der Waals surface area contributed by atoms with Crippen LogP contribution >= 0.6 is 11.6 Å². The molecule has 0 aliphatic heterocycles. The molecule has 80 valence electrons. The van der Waals surface area contributed by atoms with Crippen molar-refractivity contribution in [2.75, 3.05) is 11.9 Å². The van der Waals surface area contributed by atoms with Crippen LogP contribution in [0.5, 0.6) is 0 Å². The van der Waals surface area contributed by atoms with E-state index in [-0.39, 0.29) is 6.03 Å². The molecule has 0 spiro atoms. The first-order valence-electron chi connectivity index (χ1n) is 4.96. The van der Waals surface area contributed by atoms with Crippen LogP contribution in [0.4, 0.5) is 10.5 Å². The highest BCUT2D eigenvalue weighted by Gasteiger charge is 2.25. The highest BCUT2D eigenvalue weighted by molar-refractivity contribution is 6.30. The van der Waals surface area contributed by atoms with E-state index in [9.17, 15) is 4.79 Å². The Balaban J connectivity index is 2.05. The summed E-state index contributed by atoms with van der Waals surface area (Å²) in [5.74, 6) is 0. The summed E-state index contributed by atoms with van der Waals surface area (Å²) in [4.78, 5) is 13.3. The molecule has 2 rings (SSSR count). The van der Waals surface area contributed by atoms with Gasteiger partial charge >= 0.3 is 6.03 Å². The first-order chi connectivity index (χ1) is 7.16. The summed E-state index contributed by atoms with van der Waals surface area (Å²) >= 11 is 5.85. The van der Waals surface area contributed by atoms with Crippen LogP contribution in [0.1, 0.15) is 12.8 Å². The lowest BCUT2D eigenvalue weighted by atomic mass is 10.3. The number of hydrogen-bond donors (Lipinski definition) is 1. The normalized spacial score (nSPS) is 14.8. The van der Waals surface area contributed by atoms with E-state index in [0.717, 1.165) is 18.5 Å². The van der Waals surface area contributed by atoms with Crippen molar-refractivity contribution in [3.63, 3.8) is 0 Å². The summed E-state index contributed by atoms with van der Waals surface area (Å²) in [6.07, 6.45) is 2.18. The molecular formula is C11H13ClN2O. The molecule has 4 heteroatoms. The Labute approximate surface area is 94.0 Å². The van der Waals surface area contributed by atoms with E-state index in [0.29, 0.717) is 11.1 Å². The number of hydrogen-bond acceptors (Lipinski definition) is 1. The van der Waals surface area contributed by atoms with E-state index in [2.05, 4.69) is 5.32 Å². The molecule has 0 atom stereocenters. The number of anilines is 1. The fourth-order valence-electron chi connectivity index (χ4n) is 1.30. The summed E-state index contributed by atoms with van der Waals surface area (Å²) in [6, 6.07) is 7.56. The first-order valence-corrected chi connectivity index (χ1v) is 5.34. The van der Waals surface area contributed by atoms with E-state index in [4.69, 9.17) is 11.6 Å². The van der Waals surface area contributed by atoms with Crippen LogP contribution in [-0.2, 0) is 0 Å². The molecule has 0 radical (unpaired) electrons. The van der Waals surface area contributed by atoms with Crippen LogP contribution in [0.15, 0.2) is 24.3 Å². The van der Waals surface area contributed by atoms with Gasteiger partial charge < -0.3 is 5.32 Å². The number of nitrogens with zero attached hydrogens (tertiary/aromatic N) is 1. The summed E-state index contributed by atoms with van der Waals surface area (Å²) in [6.45, 7) is 0.